The number of halogens is 1. The van der Waals surface area contributed by atoms with E-state index in [0.717, 1.165) is 19.5 Å². The van der Waals surface area contributed by atoms with Gasteiger partial charge in [0.05, 0.1) is 6.54 Å². The van der Waals surface area contributed by atoms with E-state index in [1.807, 2.05) is 16.7 Å². The first-order chi connectivity index (χ1) is 10.1. The number of nitrogens with zero attached hydrogens (tertiary/aromatic N) is 4. The van der Waals surface area contributed by atoms with Crippen molar-refractivity contribution < 1.29 is 9.18 Å². The third-order valence-electron chi connectivity index (χ3n) is 4.01. The molecule has 3 heterocycles. The van der Waals surface area contributed by atoms with Gasteiger partial charge in [0.2, 0.25) is 5.91 Å². The molecule has 2 fully saturated rings. The summed E-state index contributed by atoms with van der Waals surface area (Å²) in [6.07, 6.45) is 2.28. The molecule has 0 aliphatic carbocycles. The van der Waals surface area contributed by atoms with Gasteiger partial charge in [0.25, 0.3) is 0 Å². The Morgan fingerprint density at radius 1 is 1.43 bits per heavy atom. The summed E-state index contributed by atoms with van der Waals surface area (Å²) in [5.41, 5.74) is 0. The van der Waals surface area contributed by atoms with Gasteiger partial charge >= 0.3 is 0 Å². The number of carbonyl (C=O) groups excluding carboxylic acids is 1. The molecule has 1 aromatic heterocycles. The molecule has 7 heteroatoms. The van der Waals surface area contributed by atoms with Crippen LogP contribution in [-0.4, -0.2) is 59.2 Å². The molecule has 1 aromatic rings. The second-order valence-corrected chi connectivity index (χ2v) is 5.64. The van der Waals surface area contributed by atoms with Crippen LogP contribution in [0, 0.1) is 0 Å². The Labute approximate surface area is 123 Å². The minimum atomic E-state index is -0.789. The summed E-state index contributed by atoms with van der Waals surface area (Å²) >= 11 is 0. The molecule has 2 aliphatic rings. The van der Waals surface area contributed by atoms with E-state index in [4.69, 9.17) is 0 Å². The van der Waals surface area contributed by atoms with Gasteiger partial charge in [0, 0.05) is 25.7 Å². The van der Waals surface area contributed by atoms with Crippen LogP contribution in [-0.2, 0) is 4.79 Å². The number of amides is 1. The van der Waals surface area contributed by atoms with Gasteiger partial charge in [0.15, 0.2) is 0 Å². The molecule has 0 unspecified atom stereocenters. The maximum absolute atomic E-state index is 13.3. The number of hydrogen-bond acceptors (Lipinski definition) is 5. The number of rotatable bonds is 4. The molecule has 21 heavy (non-hydrogen) atoms. The fourth-order valence-corrected chi connectivity index (χ4v) is 2.62. The van der Waals surface area contributed by atoms with Gasteiger partial charge in [-0.2, -0.15) is 0 Å². The summed E-state index contributed by atoms with van der Waals surface area (Å²) in [6.45, 7) is 4.55. The summed E-state index contributed by atoms with van der Waals surface area (Å²) < 4.78 is 13.3. The first-order valence-corrected chi connectivity index (χ1v) is 7.40. The standard InChI is InChI=1S/C14H20FN5O/c1-10(14(21)19-4-2-5-19)18-12-7-13(17-9-16-12)20-6-3-11(15)8-20/h7,9-11H,2-6,8H2,1H3,(H,16,17,18)/t10-,11+/m1/s1. The van der Waals surface area contributed by atoms with Crippen LogP contribution in [0.3, 0.4) is 0 Å². The van der Waals surface area contributed by atoms with Crippen molar-refractivity contribution >= 4 is 17.5 Å². The molecular formula is C14H20FN5O. The van der Waals surface area contributed by atoms with Gasteiger partial charge in [-0.25, -0.2) is 14.4 Å². The van der Waals surface area contributed by atoms with Gasteiger partial charge in [0.1, 0.15) is 30.2 Å². The average molecular weight is 293 g/mol. The molecule has 1 amide bonds. The highest BCUT2D eigenvalue weighted by atomic mass is 19.1. The lowest BCUT2D eigenvalue weighted by atomic mass is 10.2. The zero-order valence-corrected chi connectivity index (χ0v) is 12.1. The number of hydrogen-bond donors (Lipinski definition) is 1. The van der Waals surface area contributed by atoms with E-state index in [-0.39, 0.29) is 11.9 Å². The molecule has 2 saturated heterocycles. The summed E-state index contributed by atoms with van der Waals surface area (Å²) in [5.74, 6) is 1.39. The Morgan fingerprint density at radius 2 is 2.24 bits per heavy atom. The molecule has 3 rings (SSSR count). The first-order valence-electron chi connectivity index (χ1n) is 7.40. The van der Waals surface area contributed by atoms with Crippen LogP contribution >= 0.6 is 0 Å². The van der Waals surface area contributed by atoms with Crippen molar-refractivity contribution in [1.82, 2.24) is 14.9 Å². The average Bonchev–Trinajstić information content (AvgIpc) is 2.84. The van der Waals surface area contributed by atoms with Crippen molar-refractivity contribution in [3.05, 3.63) is 12.4 Å². The van der Waals surface area contributed by atoms with Gasteiger partial charge in [-0.3, -0.25) is 4.79 Å². The van der Waals surface area contributed by atoms with Crippen LogP contribution in [0.25, 0.3) is 0 Å². The van der Waals surface area contributed by atoms with Crippen molar-refractivity contribution in [1.29, 1.82) is 0 Å². The van der Waals surface area contributed by atoms with Crippen LogP contribution < -0.4 is 10.2 Å². The summed E-state index contributed by atoms with van der Waals surface area (Å²) in [5, 5.41) is 3.10. The molecule has 1 N–H and O–H groups in total. The molecular weight excluding hydrogens is 273 g/mol. The Hall–Kier alpha value is -1.92. The fourth-order valence-electron chi connectivity index (χ4n) is 2.62. The van der Waals surface area contributed by atoms with E-state index in [2.05, 4.69) is 15.3 Å². The molecule has 0 radical (unpaired) electrons. The van der Waals surface area contributed by atoms with Crippen molar-refractivity contribution in [3.8, 4) is 0 Å². The quantitative estimate of drug-likeness (QED) is 0.899. The van der Waals surface area contributed by atoms with E-state index < -0.39 is 6.17 Å². The second kappa shape index (κ2) is 5.83. The Kier molecular flexibility index (Phi) is 3.90. The first kappa shape index (κ1) is 14.0. The fraction of sp³-hybridized carbons (Fsp3) is 0.643. The van der Waals surface area contributed by atoms with E-state index in [1.54, 1.807) is 6.07 Å². The third-order valence-corrected chi connectivity index (χ3v) is 4.01. The highest BCUT2D eigenvalue weighted by molar-refractivity contribution is 5.84. The number of likely N-dealkylation sites (tertiary alicyclic amines) is 1. The van der Waals surface area contributed by atoms with Gasteiger partial charge < -0.3 is 15.1 Å². The van der Waals surface area contributed by atoms with Crippen LogP contribution in [0.1, 0.15) is 19.8 Å². The lowest BCUT2D eigenvalue weighted by Crippen LogP contribution is -2.48. The summed E-state index contributed by atoms with van der Waals surface area (Å²) in [6, 6.07) is 1.46. The Morgan fingerprint density at radius 3 is 2.86 bits per heavy atom. The predicted octanol–water partition coefficient (Wildman–Crippen LogP) is 1.06. The normalized spacial score (nSPS) is 22.9. The Balaban J connectivity index is 1.64. The largest absolute Gasteiger partial charge is 0.358 e. The SMILES string of the molecule is C[C@@H](Nc1cc(N2CC[C@H](F)C2)ncn1)C(=O)N1CCC1. The molecule has 6 nitrogen and oxygen atoms in total. The number of nitrogens with one attached hydrogen (secondary N) is 1. The molecule has 114 valence electrons. The van der Waals surface area contributed by atoms with E-state index >= 15 is 0 Å². The highest BCUT2D eigenvalue weighted by Gasteiger charge is 2.26. The zero-order valence-electron chi connectivity index (χ0n) is 12.1. The molecule has 0 saturated carbocycles. The monoisotopic (exact) mass is 293 g/mol. The topological polar surface area (TPSA) is 61.4 Å². The summed E-state index contributed by atoms with van der Waals surface area (Å²) in [7, 11) is 0. The van der Waals surface area contributed by atoms with Gasteiger partial charge in [-0.05, 0) is 19.8 Å². The minimum Gasteiger partial charge on any atom is -0.358 e. The van der Waals surface area contributed by atoms with Crippen molar-refractivity contribution in [2.24, 2.45) is 0 Å². The van der Waals surface area contributed by atoms with Crippen molar-refractivity contribution in [2.75, 3.05) is 36.4 Å². The maximum Gasteiger partial charge on any atom is 0.244 e. The number of anilines is 2. The maximum atomic E-state index is 13.3. The van der Waals surface area contributed by atoms with E-state index in [9.17, 15) is 9.18 Å². The van der Waals surface area contributed by atoms with Crippen LogP contribution in [0.5, 0.6) is 0 Å². The van der Waals surface area contributed by atoms with Crippen LogP contribution in [0.2, 0.25) is 0 Å². The predicted molar refractivity (Wildman–Crippen MR) is 78.0 cm³/mol. The molecule has 2 aliphatic heterocycles. The Bertz CT molecular complexity index is 522. The molecule has 0 bridgehead atoms. The number of alkyl halides is 1. The molecule has 0 spiro atoms. The van der Waals surface area contributed by atoms with Crippen molar-refractivity contribution in [3.63, 3.8) is 0 Å². The van der Waals surface area contributed by atoms with E-state index in [1.165, 1.54) is 6.33 Å². The highest BCUT2D eigenvalue weighted by Crippen LogP contribution is 2.21. The van der Waals surface area contributed by atoms with Gasteiger partial charge in [-0.1, -0.05) is 0 Å². The third kappa shape index (κ3) is 3.06. The van der Waals surface area contributed by atoms with Crippen LogP contribution in [0.4, 0.5) is 16.0 Å². The lowest BCUT2D eigenvalue weighted by Gasteiger charge is -2.33. The minimum absolute atomic E-state index is 0.0893. The van der Waals surface area contributed by atoms with Crippen LogP contribution in [0.15, 0.2) is 12.4 Å². The number of aromatic nitrogens is 2. The van der Waals surface area contributed by atoms with Gasteiger partial charge in [-0.15, -0.1) is 0 Å². The summed E-state index contributed by atoms with van der Waals surface area (Å²) in [4.78, 5) is 24.1. The second-order valence-electron chi connectivity index (χ2n) is 5.64. The lowest BCUT2D eigenvalue weighted by molar-refractivity contribution is -0.135. The number of carbonyl (C=O) groups is 1. The molecule has 2 atom stereocenters. The van der Waals surface area contributed by atoms with Crippen molar-refractivity contribution in [2.45, 2.75) is 32.0 Å². The smallest absolute Gasteiger partial charge is 0.244 e. The van der Waals surface area contributed by atoms with E-state index in [0.29, 0.717) is 31.1 Å². The zero-order chi connectivity index (χ0) is 14.8. The molecule has 0 aromatic carbocycles.